The second-order valence-corrected chi connectivity index (χ2v) is 2.71. The van der Waals surface area contributed by atoms with Crippen LogP contribution in [-0.4, -0.2) is 0 Å². The van der Waals surface area contributed by atoms with Gasteiger partial charge in [-0.1, -0.05) is 41.4 Å². The van der Waals surface area contributed by atoms with Gasteiger partial charge in [-0.3, -0.25) is 0 Å². The van der Waals surface area contributed by atoms with Crippen molar-refractivity contribution < 1.29 is 4.39 Å². The van der Waals surface area contributed by atoms with Crippen molar-refractivity contribution >= 4 is 17.7 Å². The van der Waals surface area contributed by atoms with Gasteiger partial charge >= 0.3 is 0 Å². The Balaban J connectivity index is 2.91. The maximum absolute atomic E-state index is 12.1. The molecule has 0 radical (unpaired) electrons. The molecule has 0 aromatic heterocycles. The van der Waals surface area contributed by atoms with Crippen LogP contribution in [0.1, 0.15) is 11.1 Å². The Morgan fingerprint density at radius 2 is 1.91 bits per heavy atom. The van der Waals surface area contributed by atoms with E-state index in [0.29, 0.717) is 0 Å². The van der Waals surface area contributed by atoms with Crippen LogP contribution in [0.25, 0.3) is 6.08 Å². The van der Waals surface area contributed by atoms with Crippen molar-refractivity contribution in [2.45, 2.75) is 6.92 Å². The Bertz CT molecular complexity index is 257. The summed E-state index contributed by atoms with van der Waals surface area (Å²) in [5.41, 5.74) is 1.93. The van der Waals surface area contributed by atoms with Gasteiger partial charge in [0, 0.05) is 0 Å². The van der Waals surface area contributed by atoms with E-state index in [1.165, 1.54) is 6.08 Å². The molecule has 58 valence electrons. The number of hydrogen-bond donors (Lipinski definition) is 0. The van der Waals surface area contributed by atoms with Crippen LogP contribution in [0.5, 0.6) is 0 Å². The zero-order chi connectivity index (χ0) is 8.27. The Morgan fingerprint density at radius 1 is 1.36 bits per heavy atom. The summed E-state index contributed by atoms with van der Waals surface area (Å²) in [7, 11) is 0. The van der Waals surface area contributed by atoms with Gasteiger partial charge in [0.25, 0.3) is 0 Å². The van der Waals surface area contributed by atoms with Crippen molar-refractivity contribution in [2.24, 2.45) is 0 Å². The van der Waals surface area contributed by atoms with Crippen molar-refractivity contribution in [3.05, 3.63) is 40.7 Å². The SMILES string of the molecule is Cc1ccc(/C=C(\F)Cl)cc1. The highest BCUT2D eigenvalue weighted by molar-refractivity contribution is 6.30. The van der Waals surface area contributed by atoms with Crippen molar-refractivity contribution in [3.8, 4) is 0 Å². The van der Waals surface area contributed by atoms with E-state index in [1.807, 2.05) is 31.2 Å². The standard InChI is InChI=1S/C9H8ClF/c1-7-2-4-8(5-3-7)6-9(10)11/h2-6H,1H3/b9-6-. The normalized spacial score (nSPS) is 11.7. The maximum Gasteiger partial charge on any atom is 0.189 e. The van der Waals surface area contributed by atoms with Gasteiger partial charge in [0.1, 0.15) is 0 Å². The van der Waals surface area contributed by atoms with Crippen molar-refractivity contribution in [2.75, 3.05) is 0 Å². The molecule has 0 atom stereocenters. The Kier molecular flexibility index (Phi) is 2.66. The zero-order valence-electron chi connectivity index (χ0n) is 6.14. The molecule has 0 nitrogen and oxygen atoms in total. The maximum atomic E-state index is 12.1. The van der Waals surface area contributed by atoms with E-state index in [2.05, 4.69) is 0 Å². The van der Waals surface area contributed by atoms with E-state index < -0.39 is 5.29 Å². The van der Waals surface area contributed by atoms with Crippen molar-refractivity contribution in [1.82, 2.24) is 0 Å². The summed E-state index contributed by atoms with van der Waals surface area (Å²) >= 11 is 5.05. The van der Waals surface area contributed by atoms with E-state index in [0.717, 1.165) is 11.1 Å². The molecular formula is C9H8ClF. The molecule has 0 amide bonds. The average Bonchev–Trinajstić information content (AvgIpc) is 1.93. The first-order valence-electron chi connectivity index (χ1n) is 3.28. The van der Waals surface area contributed by atoms with Crippen LogP contribution in [0.2, 0.25) is 0 Å². The molecule has 0 aliphatic heterocycles. The zero-order valence-corrected chi connectivity index (χ0v) is 6.90. The molecule has 0 heterocycles. The third-order valence-electron chi connectivity index (χ3n) is 1.35. The summed E-state index contributed by atoms with van der Waals surface area (Å²) in [5.74, 6) is 0. The van der Waals surface area contributed by atoms with Gasteiger partial charge in [-0.05, 0) is 18.6 Å². The highest BCUT2D eigenvalue weighted by atomic mass is 35.5. The summed E-state index contributed by atoms with van der Waals surface area (Å²) in [6, 6.07) is 7.45. The molecular weight excluding hydrogens is 163 g/mol. The van der Waals surface area contributed by atoms with E-state index in [4.69, 9.17) is 11.6 Å². The minimum atomic E-state index is -0.686. The summed E-state index contributed by atoms with van der Waals surface area (Å²) in [5, 5.41) is -0.686. The highest BCUT2D eigenvalue weighted by Gasteiger charge is 1.89. The second-order valence-electron chi connectivity index (χ2n) is 2.34. The molecule has 0 saturated carbocycles. The molecule has 11 heavy (non-hydrogen) atoms. The minimum absolute atomic E-state index is 0.686. The predicted molar refractivity (Wildman–Crippen MR) is 46.1 cm³/mol. The van der Waals surface area contributed by atoms with E-state index in [9.17, 15) is 4.39 Å². The average molecular weight is 171 g/mol. The van der Waals surface area contributed by atoms with E-state index >= 15 is 0 Å². The first-order valence-corrected chi connectivity index (χ1v) is 3.65. The van der Waals surface area contributed by atoms with Crippen LogP contribution >= 0.6 is 11.6 Å². The van der Waals surface area contributed by atoms with Crippen LogP contribution < -0.4 is 0 Å². The largest absolute Gasteiger partial charge is 0.194 e. The number of halogens is 2. The molecule has 1 rings (SSSR count). The van der Waals surface area contributed by atoms with Gasteiger partial charge in [-0.25, -0.2) is 0 Å². The quantitative estimate of drug-likeness (QED) is 0.605. The number of hydrogen-bond acceptors (Lipinski definition) is 0. The summed E-state index contributed by atoms with van der Waals surface area (Å²) in [6.07, 6.45) is 1.28. The number of benzene rings is 1. The lowest BCUT2D eigenvalue weighted by Crippen LogP contribution is -1.73. The molecule has 0 aliphatic rings. The van der Waals surface area contributed by atoms with Crippen LogP contribution in [0, 0.1) is 6.92 Å². The van der Waals surface area contributed by atoms with Gasteiger partial charge in [0.15, 0.2) is 5.29 Å². The van der Waals surface area contributed by atoms with Crippen LogP contribution in [0.3, 0.4) is 0 Å². The lowest BCUT2D eigenvalue weighted by Gasteiger charge is -1.92. The fraction of sp³-hybridized carbons (Fsp3) is 0.111. The first-order chi connectivity index (χ1) is 5.18. The lowest BCUT2D eigenvalue weighted by molar-refractivity contribution is 0.702. The molecule has 0 saturated heterocycles. The van der Waals surface area contributed by atoms with Gasteiger partial charge in [-0.2, -0.15) is 4.39 Å². The molecule has 0 fully saturated rings. The fourth-order valence-corrected chi connectivity index (χ4v) is 0.915. The predicted octanol–water partition coefficient (Wildman–Crippen LogP) is 3.50. The summed E-state index contributed by atoms with van der Waals surface area (Å²) in [6.45, 7) is 1.98. The monoisotopic (exact) mass is 170 g/mol. The van der Waals surface area contributed by atoms with Gasteiger partial charge in [0.05, 0.1) is 0 Å². The van der Waals surface area contributed by atoms with Gasteiger partial charge in [-0.15, -0.1) is 0 Å². The number of aryl methyl sites for hydroxylation is 1. The fourth-order valence-electron chi connectivity index (χ4n) is 0.789. The van der Waals surface area contributed by atoms with E-state index in [1.54, 1.807) is 0 Å². The third kappa shape index (κ3) is 2.72. The molecule has 2 heteroatoms. The van der Waals surface area contributed by atoms with E-state index in [-0.39, 0.29) is 0 Å². The topological polar surface area (TPSA) is 0 Å². The van der Waals surface area contributed by atoms with Crippen LogP contribution in [-0.2, 0) is 0 Å². The van der Waals surface area contributed by atoms with Crippen LogP contribution in [0.15, 0.2) is 29.6 Å². The molecule has 0 unspecified atom stereocenters. The molecule has 1 aromatic rings. The van der Waals surface area contributed by atoms with Gasteiger partial charge in [0.2, 0.25) is 0 Å². The molecule has 0 N–H and O–H groups in total. The Hall–Kier alpha value is -0.820. The molecule has 0 aliphatic carbocycles. The molecule has 1 aromatic carbocycles. The van der Waals surface area contributed by atoms with Crippen molar-refractivity contribution in [1.29, 1.82) is 0 Å². The Labute approximate surface area is 70.3 Å². The second kappa shape index (κ2) is 3.54. The molecule has 0 spiro atoms. The van der Waals surface area contributed by atoms with Crippen LogP contribution in [0.4, 0.5) is 4.39 Å². The number of rotatable bonds is 1. The smallest absolute Gasteiger partial charge is 0.189 e. The summed E-state index contributed by atoms with van der Waals surface area (Å²) < 4.78 is 12.1. The summed E-state index contributed by atoms with van der Waals surface area (Å²) in [4.78, 5) is 0. The van der Waals surface area contributed by atoms with Crippen molar-refractivity contribution in [3.63, 3.8) is 0 Å². The molecule has 0 bridgehead atoms. The van der Waals surface area contributed by atoms with Gasteiger partial charge < -0.3 is 0 Å². The highest BCUT2D eigenvalue weighted by Crippen LogP contribution is 2.11. The third-order valence-corrected chi connectivity index (χ3v) is 1.46. The Morgan fingerprint density at radius 3 is 2.36 bits per heavy atom. The lowest BCUT2D eigenvalue weighted by atomic mass is 10.1. The first kappa shape index (κ1) is 8.28. The minimum Gasteiger partial charge on any atom is -0.194 e.